The third kappa shape index (κ3) is 3.04. The van der Waals surface area contributed by atoms with Crippen LogP contribution in [0.25, 0.3) is 0 Å². The molecular formula is C13H20N2O2. The van der Waals surface area contributed by atoms with Crippen molar-refractivity contribution in [2.75, 3.05) is 26.2 Å². The molecular weight excluding hydrogens is 216 g/mol. The molecule has 17 heavy (non-hydrogen) atoms. The minimum absolute atomic E-state index is 0.258. The molecule has 2 rings (SSSR count). The van der Waals surface area contributed by atoms with Crippen LogP contribution >= 0.6 is 0 Å². The monoisotopic (exact) mass is 236 g/mol. The zero-order valence-corrected chi connectivity index (χ0v) is 9.87. The van der Waals surface area contributed by atoms with Crippen molar-refractivity contribution in [2.24, 2.45) is 5.73 Å². The molecule has 0 aliphatic carbocycles. The summed E-state index contributed by atoms with van der Waals surface area (Å²) in [6.07, 6.45) is -1.24. The molecule has 1 aromatic carbocycles. The van der Waals surface area contributed by atoms with E-state index in [1.165, 1.54) is 5.56 Å². The number of hydrogen-bond donors (Lipinski definition) is 3. The Morgan fingerprint density at radius 2 is 1.76 bits per heavy atom. The van der Waals surface area contributed by atoms with Crippen LogP contribution in [0.4, 0.5) is 0 Å². The van der Waals surface area contributed by atoms with Gasteiger partial charge >= 0.3 is 0 Å². The highest BCUT2D eigenvalue weighted by atomic mass is 16.3. The molecule has 0 saturated carbocycles. The van der Waals surface area contributed by atoms with Crippen LogP contribution in [0.3, 0.4) is 0 Å². The molecule has 1 saturated heterocycles. The van der Waals surface area contributed by atoms with E-state index in [1.807, 2.05) is 18.2 Å². The first-order valence-electron chi connectivity index (χ1n) is 6.04. The number of hydrogen-bond acceptors (Lipinski definition) is 4. The molecule has 0 bridgehead atoms. The van der Waals surface area contributed by atoms with Crippen LogP contribution < -0.4 is 5.73 Å². The van der Waals surface area contributed by atoms with E-state index < -0.39 is 12.2 Å². The Morgan fingerprint density at radius 3 is 2.29 bits per heavy atom. The number of likely N-dealkylation sites (tertiary alicyclic amines) is 1. The van der Waals surface area contributed by atoms with Gasteiger partial charge < -0.3 is 15.9 Å². The minimum atomic E-state index is -0.621. The lowest BCUT2D eigenvalue weighted by atomic mass is 9.99. The lowest BCUT2D eigenvalue weighted by molar-refractivity contribution is 0.0572. The molecule has 1 aromatic rings. The van der Waals surface area contributed by atoms with Gasteiger partial charge in [-0.25, -0.2) is 0 Å². The summed E-state index contributed by atoms with van der Waals surface area (Å²) in [5.41, 5.74) is 7.01. The van der Waals surface area contributed by atoms with Crippen LogP contribution in [0.15, 0.2) is 30.3 Å². The van der Waals surface area contributed by atoms with Gasteiger partial charge in [0, 0.05) is 32.1 Å². The molecule has 0 amide bonds. The normalized spacial score (nSPS) is 27.2. The first-order valence-corrected chi connectivity index (χ1v) is 6.04. The molecule has 3 unspecified atom stereocenters. The van der Waals surface area contributed by atoms with Crippen LogP contribution in [0.1, 0.15) is 11.5 Å². The maximum atomic E-state index is 9.50. The van der Waals surface area contributed by atoms with E-state index in [4.69, 9.17) is 5.73 Å². The summed E-state index contributed by atoms with van der Waals surface area (Å²) in [6, 6.07) is 10.1. The van der Waals surface area contributed by atoms with Crippen molar-refractivity contribution in [3.63, 3.8) is 0 Å². The lowest BCUT2D eigenvalue weighted by Gasteiger charge is -2.22. The second kappa shape index (κ2) is 5.60. The van der Waals surface area contributed by atoms with Crippen molar-refractivity contribution < 1.29 is 10.2 Å². The Bertz CT molecular complexity index is 335. The fourth-order valence-corrected chi connectivity index (χ4v) is 2.35. The van der Waals surface area contributed by atoms with Crippen molar-refractivity contribution >= 4 is 0 Å². The highest BCUT2D eigenvalue weighted by Gasteiger charge is 2.30. The first kappa shape index (κ1) is 12.5. The molecule has 3 atom stereocenters. The van der Waals surface area contributed by atoms with Gasteiger partial charge in [0.15, 0.2) is 0 Å². The minimum Gasteiger partial charge on any atom is -0.389 e. The van der Waals surface area contributed by atoms with Crippen molar-refractivity contribution in [1.29, 1.82) is 0 Å². The SMILES string of the molecule is NCC(CN1CC(O)C(O)C1)c1ccccc1. The van der Waals surface area contributed by atoms with Crippen LogP contribution in [-0.4, -0.2) is 53.5 Å². The average Bonchev–Trinajstić information content (AvgIpc) is 2.67. The van der Waals surface area contributed by atoms with E-state index in [9.17, 15) is 10.2 Å². The van der Waals surface area contributed by atoms with E-state index in [0.29, 0.717) is 19.6 Å². The largest absolute Gasteiger partial charge is 0.389 e. The van der Waals surface area contributed by atoms with Gasteiger partial charge in [0.1, 0.15) is 0 Å². The Balaban J connectivity index is 1.97. The molecule has 1 aliphatic heterocycles. The highest BCUT2D eigenvalue weighted by Crippen LogP contribution is 2.19. The number of β-amino-alcohol motifs (C(OH)–C–C–N with tert-alkyl or cyclic N) is 2. The van der Waals surface area contributed by atoms with E-state index in [2.05, 4.69) is 17.0 Å². The fourth-order valence-electron chi connectivity index (χ4n) is 2.35. The predicted octanol–water partition coefficient (Wildman–Crippen LogP) is -0.234. The molecule has 94 valence electrons. The summed E-state index contributed by atoms with van der Waals surface area (Å²) in [5, 5.41) is 19.0. The average molecular weight is 236 g/mol. The molecule has 0 spiro atoms. The summed E-state index contributed by atoms with van der Waals surface area (Å²) < 4.78 is 0. The van der Waals surface area contributed by atoms with Gasteiger partial charge in [-0.2, -0.15) is 0 Å². The van der Waals surface area contributed by atoms with Crippen molar-refractivity contribution in [2.45, 2.75) is 18.1 Å². The van der Waals surface area contributed by atoms with Gasteiger partial charge in [-0.1, -0.05) is 30.3 Å². The van der Waals surface area contributed by atoms with Crippen LogP contribution in [0.2, 0.25) is 0 Å². The number of nitrogens with two attached hydrogens (primary N) is 1. The number of benzene rings is 1. The van der Waals surface area contributed by atoms with Gasteiger partial charge in [0.25, 0.3) is 0 Å². The smallest absolute Gasteiger partial charge is 0.0938 e. The summed E-state index contributed by atoms with van der Waals surface area (Å²) in [4.78, 5) is 2.07. The number of aliphatic hydroxyl groups is 2. The Labute approximate surface area is 102 Å². The highest BCUT2D eigenvalue weighted by molar-refractivity contribution is 5.20. The molecule has 0 aromatic heterocycles. The first-order chi connectivity index (χ1) is 8.20. The van der Waals surface area contributed by atoms with Gasteiger partial charge in [-0.05, 0) is 5.56 Å². The molecule has 4 N–H and O–H groups in total. The molecule has 4 heteroatoms. The van der Waals surface area contributed by atoms with E-state index in [1.54, 1.807) is 0 Å². The van der Waals surface area contributed by atoms with Crippen LogP contribution in [0, 0.1) is 0 Å². The van der Waals surface area contributed by atoms with Crippen molar-refractivity contribution in [1.82, 2.24) is 4.90 Å². The number of nitrogens with zero attached hydrogens (tertiary/aromatic N) is 1. The third-order valence-electron chi connectivity index (χ3n) is 3.37. The van der Waals surface area contributed by atoms with Gasteiger partial charge in [0.05, 0.1) is 12.2 Å². The number of rotatable bonds is 4. The Kier molecular flexibility index (Phi) is 4.12. The Hall–Kier alpha value is -0.940. The second-order valence-electron chi connectivity index (χ2n) is 4.70. The number of aliphatic hydroxyl groups excluding tert-OH is 2. The summed E-state index contributed by atoms with van der Waals surface area (Å²) in [5.74, 6) is 0.258. The standard InChI is InChI=1S/C13H20N2O2/c14-6-11(10-4-2-1-3-5-10)7-15-8-12(16)13(17)9-15/h1-5,11-13,16-17H,6-9,14H2. The zero-order valence-electron chi connectivity index (χ0n) is 9.87. The molecule has 4 nitrogen and oxygen atoms in total. The molecule has 1 fully saturated rings. The zero-order chi connectivity index (χ0) is 12.3. The molecule has 1 heterocycles. The second-order valence-corrected chi connectivity index (χ2v) is 4.70. The van der Waals surface area contributed by atoms with Crippen molar-refractivity contribution in [3.8, 4) is 0 Å². The topological polar surface area (TPSA) is 69.7 Å². The molecule has 0 radical (unpaired) electrons. The summed E-state index contributed by atoms with van der Waals surface area (Å²) >= 11 is 0. The fraction of sp³-hybridized carbons (Fsp3) is 0.538. The predicted molar refractivity (Wildman–Crippen MR) is 66.7 cm³/mol. The van der Waals surface area contributed by atoms with Crippen molar-refractivity contribution in [3.05, 3.63) is 35.9 Å². The molecule has 1 aliphatic rings. The van der Waals surface area contributed by atoms with Crippen LogP contribution in [-0.2, 0) is 0 Å². The van der Waals surface area contributed by atoms with E-state index >= 15 is 0 Å². The van der Waals surface area contributed by atoms with Gasteiger partial charge in [-0.3, -0.25) is 4.90 Å². The van der Waals surface area contributed by atoms with Gasteiger partial charge in [-0.15, -0.1) is 0 Å². The lowest BCUT2D eigenvalue weighted by Crippen LogP contribution is -2.31. The van der Waals surface area contributed by atoms with E-state index in [0.717, 1.165) is 6.54 Å². The van der Waals surface area contributed by atoms with Gasteiger partial charge in [0.2, 0.25) is 0 Å². The maximum absolute atomic E-state index is 9.50. The Morgan fingerprint density at radius 1 is 1.18 bits per heavy atom. The quantitative estimate of drug-likeness (QED) is 0.675. The van der Waals surface area contributed by atoms with E-state index in [-0.39, 0.29) is 5.92 Å². The van der Waals surface area contributed by atoms with Crippen LogP contribution in [0.5, 0.6) is 0 Å². The summed E-state index contributed by atoms with van der Waals surface area (Å²) in [6.45, 7) is 2.43. The summed E-state index contributed by atoms with van der Waals surface area (Å²) in [7, 11) is 0. The third-order valence-corrected chi connectivity index (χ3v) is 3.37. The maximum Gasteiger partial charge on any atom is 0.0938 e.